The molecule has 2 N–H and O–H groups in total. The molecule has 0 bridgehead atoms. The lowest BCUT2D eigenvalue weighted by molar-refractivity contribution is -0.120. The van der Waals surface area contributed by atoms with E-state index >= 15 is 0 Å². The molecule has 1 amide bonds. The normalized spacial score (nSPS) is 15.6. The summed E-state index contributed by atoms with van der Waals surface area (Å²) in [5, 5.41) is 6.28. The Bertz CT molecular complexity index is 491. The first-order valence-corrected chi connectivity index (χ1v) is 8.09. The van der Waals surface area contributed by atoms with Crippen LogP contribution in [0.2, 0.25) is 0 Å². The van der Waals surface area contributed by atoms with Crippen LogP contribution in [0.4, 0.5) is 8.78 Å². The summed E-state index contributed by atoms with van der Waals surface area (Å²) in [6.07, 6.45) is 7.69. The van der Waals surface area contributed by atoms with E-state index in [1.54, 1.807) is 0 Å². The monoisotopic (exact) mass is 346 g/mol. The molecular weight excluding hydrogens is 322 g/mol. The van der Waals surface area contributed by atoms with Crippen LogP contribution in [0.1, 0.15) is 44.1 Å². The van der Waals surface area contributed by atoms with Crippen LogP contribution in [0.25, 0.3) is 0 Å². The maximum atomic E-state index is 13.1. The molecule has 0 unspecified atom stereocenters. The standard InChI is InChI=1S/C17H24F2N2O.ClH/c18-15-8-7-13(11-16(15)19)12-17(22)21-10-9-20-14-5-3-1-2-4-6-14;/h7-8,11,14,20H,1-6,9-10,12H2,(H,21,22);1H. The minimum Gasteiger partial charge on any atom is -0.355 e. The van der Waals surface area contributed by atoms with Gasteiger partial charge in [-0.3, -0.25) is 4.79 Å². The predicted octanol–water partition coefficient (Wildman–Crippen LogP) is 3.36. The maximum Gasteiger partial charge on any atom is 0.224 e. The van der Waals surface area contributed by atoms with Gasteiger partial charge in [-0.1, -0.05) is 31.7 Å². The molecule has 0 heterocycles. The fourth-order valence-corrected chi connectivity index (χ4v) is 2.86. The van der Waals surface area contributed by atoms with Crippen molar-refractivity contribution in [2.45, 2.75) is 51.0 Å². The minimum atomic E-state index is -0.916. The van der Waals surface area contributed by atoms with Crippen LogP contribution in [-0.2, 0) is 11.2 Å². The molecule has 1 aromatic rings. The van der Waals surface area contributed by atoms with E-state index in [4.69, 9.17) is 0 Å². The third-order valence-corrected chi connectivity index (χ3v) is 4.08. The van der Waals surface area contributed by atoms with Crippen molar-refractivity contribution in [3.63, 3.8) is 0 Å². The number of halogens is 3. The van der Waals surface area contributed by atoms with Crippen LogP contribution in [0.5, 0.6) is 0 Å². The minimum absolute atomic E-state index is 0. The summed E-state index contributed by atoms with van der Waals surface area (Å²) < 4.78 is 25.9. The molecule has 0 aromatic heterocycles. The highest BCUT2D eigenvalue weighted by Crippen LogP contribution is 2.16. The molecule has 0 aliphatic heterocycles. The van der Waals surface area contributed by atoms with E-state index in [1.807, 2.05) is 0 Å². The molecule has 1 saturated carbocycles. The topological polar surface area (TPSA) is 41.1 Å². The Morgan fingerprint density at radius 1 is 1.04 bits per heavy atom. The highest BCUT2D eigenvalue weighted by molar-refractivity contribution is 5.85. The third-order valence-electron chi connectivity index (χ3n) is 4.08. The van der Waals surface area contributed by atoms with Crippen molar-refractivity contribution in [2.75, 3.05) is 13.1 Å². The number of carbonyl (C=O) groups is 1. The highest BCUT2D eigenvalue weighted by atomic mass is 35.5. The van der Waals surface area contributed by atoms with Gasteiger partial charge in [-0.05, 0) is 30.5 Å². The van der Waals surface area contributed by atoms with E-state index in [0.29, 0.717) is 18.2 Å². The Balaban J connectivity index is 0.00000264. The van der Waals surface area contributed by atoms with Gasteiger partial charge in [0, 0.05) is 19.1 Å². The average Bonchev–Trinajstić information content (AvgIpc) is 2.76. The van der Waals surface area contributed by atoms with Crippen LogP contribution in [0, 0.1) is 11.6 Å². The molecule has 0 atom stereocenters. The molecule has 130 valence electrons. The second-order valence-corrected chi connectivity index (χ2v) is 5.92. The quantitative estimate of drug-likeness (QED) is 0.612. The number of benzene rings is 1. The summed E-state index contributed by atoms with van der Waals surface area (Å²) in [6, 6.07) is 4.11. The van der Waals surface area contributed by atoms with Crippen molar-refractivity contribution >= 4 is 18.3 Å². The zero-order chi connectivity index (χ0) is 15.8. The van der Waals surface area contributed by atoms with E-state index in [-0.39, 0.29) is 24.7 Å². The summed E-state index contributed by atoms with van der Waals surface area (Å²) in [5.41, 5.74) is 0.480. The van der Waals surface area contributed by atoms with E-state index in [0.717, 1.165) is 18.7 Å². The van der Waals surface area contributed by atoms with Gasteiger partial charge in [0.25, 0.3) is 0 Å². The second-order valence-electron chi connectivity index (χ2n) is 5.92. The molecule has 2 rings (SSSR count). The summed E-state index contributed by atoms with van der Waals surface area (Å²) in [6.45, 7) is 1.30. The molecular formula is C17H25ClF2N2O. The van der Waals surface area contributed by atoms with Crippen LogP contribution in [0.3, 0.4) is 0 Å². The molecule has 0 saturated heterocycles. The fraction of sp³-hybridized carbons (Fsp3) is 0.588. The van der Waals surface area contributed by atoms with Crippen LogP contribution in [0.15, 0.2) is 18.2 Å². The molecule has 6 heteroatoms. The second kappa shape index (κ2) is 10.6. The molecule has 3 nitrogen and oxygen atoms in total. The molecule has 1 aliphatic carbocycles. The van der Waals surface area contributed by atoms with Gasteiger partial charge in [-0.15, -0.1) is 12.4 Å². The first-order valence-electron chi connectivity index (χ1n) is 8.09. The SMILES string of the molecule is Cl.O=C(Cc1ccc(F)c(F)c1)NCCNC1CCCCCC1. The molecule has 1 fully saturated rings. The van der Waals surface area contributed by atoms with Crippen LogP contribution in [-0.4, -0.2) is 25.0 Å². The van der Waals surface area contributed by atoms with Gasteiger partial charge in [0.05, 0.1) is 6.42 Å². The smallest absolute Gasteiger partial charge is 0.224 e. The fourth-order valence-electron chi connectivity index (χ4n) is 2.86. The van der Waals surface area contributed by atoms with Gasteiger partial charge in [-0.25, -0.2) is 8.78 Å². The first-order chi connectivity index (χ1) is 10.6. The Kier molecular flexibility index (Phi) is 9.10. The van der Waals surface area contributed by atoms with Gasteiger partial charge in [0.15, 0.2) is 11.6 Å². The number of hydrogen-bond acceptors (Lipinski definition) is 2. The van der Waals surface area contributed by atoms with Crippen LogP contribution < -0.4 is 10.6 Å². The van der Waals surface area contributed by atoms with Gasteiger partial charge >= 0.3 is 0 Å². The largest absolute Gasteiger partial charge is 0.355 e. The summed E-state index contributed by atoms with van der Waals surface area (Å²) >= 11 is 0. The number of carbonyl (C=O) groups excluding carboxylic acids is 1. The van der Waals surface area contributed by atoms with Crippen molar-refractivity contribution in [3.8, 4) is 0 Å². The van der Waals surface area contributed by atoms with E-state index in [2.05, 4.69) is 10.6 Å². The Morgan fingerprint density at radius 2 is 1.74 bits per heavy atom. The van der Waals surface area contributed by atoms with E-state index < -0.39 is 11.6 Å². The number of hydrogen-bond donors (Lipinski definition) is 2. The van der Waals surface area contributed by atoms with Crippen molar-refractivity contribution < 1.29 is 13.6 Å². The average molecular weight is 347 g/mol. The van der Waals surface area contributed by atoms with E-state index in [1.165, 1.54) is 44.6 Å². The van der Waals surface area contributed by atoms with E-state index in [9.17, 15) is 13.6 Å². The van der Waals surface area contributed by atoms with Gasteiger partial charge < -0.3 is 10.6 Å². The van der Waals surface area contributed by atoms with Gasteiger partial charge in [0.2, 0.25) is 5.91 Å². The van der Waals surface area contributed by atoms with Gasteiger partial charge in [0.1, 0.15) is 0 Å². The van der Waals surface area contributed by atoms with Crippen molar-refractivity contribution in [1.29, 1.82) is 0 Å². The lowest BCUT2D eigenvalue weighted by atomic mass is 10.1. The van der Waals surface area contributed by atoms with Crippen LogP contribution >= 0.6 is 12.4 Å². The Hall–Kier alpha value is -1.20. The van der Waals surface area contributed by atoms with Crippen molar-refractivity contribution in [3.05, 3.63) is 35.4 Å². The lowest BCUT2D eigenvalue weighted by Crippen LogP contribution is -2.37. The molecule has 0 spiro atoms. The lowest BCUT2D eigenvalue weighted by Gasteiger charge is -2.16. The molecule has 1 aliphatic rings. The highest BCUT2D eigenvalue weighted by Gasteiger charge is 2.11. The molecule has 23 heavy (non-hydrogen) atoms. The third kappa shape index (κ3) is 7.27. The number of rotatable bonds is 6. The van der Waals surface area contributed by atoms with Crippen molar-refractivity contribution in [2.24, 2.45) is 0 Å². The molecule has 0 radical (unpaired) electrons. The summed E-state index contributed by atoms with van der Waals surface area (Å²) in [4.78, 5) is 11.8. The van der Waals surface area contributed by atoms with Crippen molar-refractivity contribution in [1.82, 2.24) is 10.6 Å². The predicted molar refractivity (Wildman–Crippen MR) is 89.8 cm³/mol. The Morgan fingerprint density at radius 3 is 2.39 bits per heavy atom. The zero-order valence-electron chi connectivity index (χ0n) is 13.2. The summed E-state index contributed by atoms with van der Waals surface area (Å²) in [5.74, 6) is -1.98. The number of nitrogens with one attached hydrogen (secondary N) is 2. The zero-order valence-corrected chi connectivity index (χ0v) is 14.1. The first kappa shape index (κ1) is 19.8. The Labute approximate surface area is 142 Å². The molecule has 1 aromatic carbocycles. The van der Waals surface area contributed by atoms with Gasteiger partial charge in [-0.2, -0.15) is 0 Å². The summed E-state index contributed by atoms with van der Waals surface area (Å²) in [7, 11) is 0. The maximum absolute atomic E-state index is 13.1. The number of amides is 1.